The van der Waals surface area contributed by atoms with E-state index in [1.54, 1.807) is 12.1 Å². The van der Waals surface area contributed by atoms with E-state index in [0.29, 0.717) is 22.4 Å². The van der Waals surface area contributed by atoms with Gasteiger partial charge in [-0.25, -0.2) is 4.39 Å². The summed E-state index contributed by atoms with van der Waals surface area (Å²) in [5.41, 5.74) is 2.73. The highest BCUT2D eigenvalue weighted by molar-refractivity contribution is 8.18. The third-order valence-electron chi connectivity index (χ3n) is 8.88. The second-order valence-corrected chi connectivity index (χ2v) is 13.3. The Balaban J connectivity index is 1.49. The Bertz CT molecular complexity index is 1070. The minimum Gasteiger partial charge on any atom is -0.366 e. The molecule has 1 unspecified atom stereocenters. The van der Waals surface area contributed by atoms with Crippen LogP contribution in [0.4, 0.5) is 10.1 Å². The molecule has 3 fully saturated rings. The molecule has 202 valence electrons. The minimum atomic E-state index is -0.243. The first-order valence-corrected chi connectivity index (χ1v) is 15.5. The summed E-state index contributed by atoms with van der Waals surface area (Å²) < 4.78 is 15.6. The summed E-state index contributed by atoms with van der Waals surface area (Å²) in [6.45, 7) is 9.86. The molecule has 1 atom stereocenters. The first-order valence-electron chi connectivity index (χ1n) is 14.7. The minimum absolute atomic E-state index is 0.00288. The van der Waals surface area contributed by atoms with E-state index in [0.717, 1.165) is 68.8 Å². The van der Waals surface area contributed by atoms with E-state index in [-0.39, 0.29) is 23.3 Å². The molecule has 0 radical (unpaired) electrons. The van der Waals surface area contributed by atoms with Crippen LogP contribution < -0.4 is 4.90 Å². The molecule has 5 rings (SSSR count). The van der Waals surface area contributed by atoms with E-state index in [4.69, 9.17) is 4.99 Å². The van der Waals surface area contributed by atoms with Crippen molar-refractivity contribution in [2.24, 2.45) is 4.99 Å². The van der Waals surface area contributed by atoms with Crippen molar-refractivity contribution in [2.45, 2.75) is 128 Å². The van der Waals surface area contributed by atoms with Crippen LogP contribution in [0.3, 0.4) is 0 Å². The molecule has 37 heavy (non-hydrogen) atoms. The quantitative estimate of drug-likeness (QED) is 0.363. The number of nitrogens with zero attached hydrogens (tertiary/aromatic N) is 3. The van der Waals surface area contributed by atoms with Crippen molar-refractivity contribution in [3.05, 3.63) is 34.0 Å². The Labute approximate surface area is 227 Å². The van der Waals surface area contributed by atoms with E-state index < -0.39 is 0 Å². The SMILES string of the molecule is CCCN1c2cc(F)c(/C=C3/SC(=NC4CCCCC4)N(C4CCCCC4)C3=O)cc2C(C)CC1(C)C. The number of fused-ring (bicyclic) bond motifs is 1. The highest BCUT2D eigenvalue weighted by Crippen LogP contribution is 2.45. The van der Waals surface area contributed by atoms with Gasteiger partial charge in [-0.3, -0.25) is 14.7 Å². The topological polar surface area (TPSA) is 35.9 Å². The number of rotatable bonds is 5. The van der Waals surface area contributed by atoms with Crippen LogP contribution in [-0.4, -0.2) is 40.1 Å². The lowest BCUT2D eigenvalue weighted by atomic mass is 9.79. The number of carbonyl (C=O) groups is 1. The van der Waals surface area contributed by atoms with Crippen LogP contribution in [0.1, 0.15) is 122 Å². The van der Waals surface area contributed by atoms with Gasteiger partial charge in [-0.15, -0.1) is 0 Å². The zero-order valence-corrected chi connectivity index (χ0v) is 24.0. The van der Waals surface area contributed by atoms with Crippen LogP contribution in [0.15, 0.2) is 22.0 Å². The summed E-state index contributed by atoms with van der Waals surface area (Å²) in [6.07, 6.45) is 15.4. The number of hydrogen-bond acceptors (Lipinski definition) is 4. The lowest BCUT2D eigenvalue weighted by Gasteiger charge is -2.47. The second-order valence-electron chi connectivity index (χ2n) is 12.3. The standard InChI is InChI=1S/C31H44FN3OS/c1-5-16-34-27-19-26(32)22(17-25(27)21(2)20-31(34,3)4)18-28-29(36)35(24-14-10-7-11-15-24)30(37-28)33-23-12-8-6-9-13-23/h17-19,21,23-24H,5-16,20H2,1-4H3/b28-18+,33-30?. The average molecular weight is 526 g/mol. The molecule has 4 nitrogen and oxygen atoms in total. The summed E-state index contributed by atoms with van der Waals surface area (Å²) in [7, 11) is 0. The van der Waals surface area contributed by atoms with Gasteiger partial charge >= 0.3 is 0 Å². The molecule has 0 aromatic heterocycles. The molecule has 2 saturated carbocycles. The van der Waals surface area contributed by atoms with Gasteiger partial charge in [0.25, 0.3) is 5.91 Å². The lowest BCUT2D eigenvalue weighted by Crippen LogP contribution is -2.48. The number of aliphatic imine (C=N–C) groups is 1. The number of benzene rings is 1. The second kappa shape index (κ2) is 11.1. The van der Waals surface area contributed by atoms with Gasteiger partial charge in [0.1, 0.15) is 5.82 Å². The van der Waals surface area contributed by atoms with Crippen molar-refractivity contribution >= 4 is 34.6 Å². The van der Waals surface area contributed by atoms with Crippen molar-refractivity contribution < 1.29 is 9.18 Å². The zero-order valence-electron chi connectivity index (χ0n) is 23.2. The van der Waals surface area contributed by atoms with Gasteiger partial charge in [0.15, 0.2) is 5.17 Å². The molecular weight excluding hydrogens is 481 g/mol. The molecule has 0 bridgehead atoms. The molecule has 1 amide bonds. The van der Waals surface area contributed by atoms with Gasteiger partial charge in [-0.05, 0) is 93.8 Å². The smallest absolute Gasteiger partial charge is 0.267 e. The fourth-order valence-electron chi connectivity index (χ4n) is 7.02. The van der Waals surface area contributed by atoms with Crippen molar-refractivity contribution in [2.75, 3.05) is 11.4 Å². The van der Waals surface area contributed by atoms with Crippen molar-refractivity contribution in [3.63, 3.8) is 0 Å². The van der Waals surface area contributed by atoms with Crippen molar-refractivity contribution in [3.8, 4) is 0 Å². The fraction of sp³-hybridized carbons (Fsp3) is 0.677. The zero-order chi connectivity index (χ0) is 26.2. The van der Waals surface area contributed by atoms with Crippen molar-refractivity contribution in [1.82, 2.24) is 4.90 Å². The Morgan fingerprint density at radius 1 is 1.08 bits per heavy atom. The Kier molecular flexibility index (Phi) is 8.04. The molecular formula is C31H44FN3OS. The summed E-state index contributed by atoms with van der Waals surface area (Å²) >= 11 is 1.47. The number of amidine groups is 1. The number of carbonyl (C=O) groups excluding carboxylic acids is 1. The molecule has 0 spiro atoms. The highest BCUT2D eigenvalue weighted by atomic mass is 32.2. The van der Waals surface area contributed by atoms with E-state index in [1.165, 1.54) is 43.0 Å². The molecule has 0 N–H and O–H groups in total. The molecule has 6 heteroatoms. The normalized spacial score (nSPS) is 27.4. The van der Waals surface area contributed by atoms with Crippen LogP contribution in [0.25, 0.3) is 6.08 Å². The van der Waals surface area contributed by atoms with Gasteiger partial charge in [0, 0.05) is 29.4 Å². The number of anilines is 1. The maximum Gasteiger partial charge on any atom is 0.267 e. The molecule has 1 aromatic carbocycles. The van der Waals surface area contributed by atoms with Crippen LogP contribution in [0.2, 0.25) is 0 Å². The number of amides is 1. The first kappa shape index (κ1) is 26.8. The predicted octanol–water partition coefficient (Wildman–Crippen LogP) is 8.27. The van der Waals surface area contributed by atoms with Gasteiger partial charge < -0.3 is 4.90 Å². The summed E-state index contributed by atoms with van der Waals surface area (Å²) in [5.74, 6) is 0.114. The van der Waals surface area contributed by atoms with Gasteiger partial charge in [0.2, 0.25) is 0 Å². The monoisotopic (exact) mass is 525 g/mol. The van der Waals surface area contributed by atoms with E-state index in [9.17, 15) is 4.79 Å². The largest absolute Gasteiger partial charge is 0.366 e. The van der Waals surface area contributed by atoms with Crippen LogP contribution >= 0.6 is 11.8 Å². The molecule has 2 aliphatic heterocycles. The Morgan fingerprint density at radius 3 is 2.43 bits per heavy atom. The van der Waals surface area contributed by atoms with Gasteiger partial charge in [0.05, 0.1) is 10.9 Å². The van der Waals surface area contributed by atoms with E-state index >= 15 is 4.39 Å². The third-order valence-corrected chi connectivity index (χ3v) is 9.88. The number of thioether (sulfide) groups is 1. The van der Waals surface area contributed by atoms with E-state index in [2.05, 4.69) is 32.6 Å². The average Bonchev–Trinajstić information content (AvgIpc) is 3.17. The molecule has 4 aliphatic rings. The number of halogens is 1. The maximum absolute atomic E-state index is 15.6. The Hall–Kier alpha value is -1.82. The molecule has 2 aliphatic carbocycles. The van der Waals surface area contributed by atoms with E-state index in [1.807, 2.05) is 11.0 Å². The van der Waals surface area contributed by atoms with Gasteiger partial charge in [-0.1, -0.05) is 52.4 Å². The highest BCUT2D eigenvalue weighted by Gasteiger charge is 2.40. The summed E-state index contributed by atoms with van der Waals surface area (Å²) in [4.78, 5) is 23.9. The maximum atomic E-state index is 15.6. The Morgan fingerprint density at radius 2 is 1.76 bits per heavy atom. The molecule has 1 aromatic rings. The molecule has 1 saturated heterocycles. The molecule has 2 heterocycles. The third kappa shape index (κ3) is 5.51. The summed E-state index contributed by atoms with van der Waals surface area (Å²) in [6, 6.07) is 4.26. The summed E-state index contributed by atoms with van der Waals surface area (Å²) in [5, 5.41) is 0.859. The fourth-order valence-corrected chi connectivity index (χ4v) is 8.12. The van der Waals surface area contributed by atoms with Crippen LogP contribution in [0, 0.1) is 5.82 Å². The van der Waals surface area contributed by atoms with Crippen LogP contribution in [-0.2, 0) is 4.79 Å². The number of hydrogen-bond donors (Lipinski definition) is 0. The van der Waals surface area contributed by atoms with Crippen LogP contribution in [0.5, 0.6) is 0 Å². The predicted molar refractivity (Wildman–Crippen MR) is 155 cm³/mol. The first-order chi connectivity index (χ1) is 17.8. The van der Waals surface area contributed by atoms with Crippen molar-refractivity contribution in [1.29, 1.82) is 0 Å². The van der Waals surface area contributed by atoms with Gasteiger partial charge in [-0.2, -0.15) is 0 Å². The lowest BCUT2D eigenvalue weighted by molar-refractivity contribution is -0.124.